The van der Waals surface area contributed by atoms with Crippen molar-refractivity contribution in [1.29, 1.82) is 0 Å². The van der Waals surface area contributed by atoms with Crippen molar-refractivity contribution in [3.05, 3.63) is 64.4 Å². The van der Waals surface area contributed by atoms with Crippen LogP contribution in [0.1, 0.15) is 11.1 Å². The first-order valence-corrected chi connectivity index (χ1v) is 12.4. The highest BCUT2D eigenvalue weighted by Crippen LogP contribution is 2.24. The van der Waals surface area contributed by atoms with Gasteiger partial charge in [-0.25, -0.2) is 17.9 Å². The normalized spacial score (nSPS) is 14.8. The van der Waals surface area contributed by atoms with Crippen molar-refractivity contribution in [3.8, 4) is 5.75 Å². The number of amides is 1. The van der Waals surface area contributed by atoms with Gasteiger partial charge in [0.15, 0.2) is 12.4 Å². The van der Waals surface area contributed by atoms with Gasteiger partial charge in [-0.3, -0.25) is 14.5 Å². The molecule has 1 amide bonds. The molecule has 11 heteroatoms. The van der Waals surface area contributed by atoms with Gasteiger partial charge in [-0.15, -0.1) is 0 Å². The molecule has 33 heavy (non-hydrogen) atoms. The minimum atomic E-state index is -3.94. The smallest absolute Gasteiger partial charge is 0.260 e. The first-order chi connectivity index (χ1) is 15.6. The zero-order chi connectivity index (χ0) is 24.0. The van der Waals surface area contributed by atoms with Crippen LogP contribution in [0.3, 0.4) is 0 Å². The number of nitrogens with zero attached hydrogens (tertiary/aromatic N) is 2. The molecule has 1 heterocycles. The summed E-state index contributed by atoms with van der Waals surface area (Å²) >= 11 is 5.99. The maximum Gasteiger partial charge on any atom is 0.260 e. The van der Waals surface area contributed by atoms with E-state index in [0.29, 0.717) is 43.3 Å². The minimum Gasteiger partial charge on any atom is -0.483 e. The second-order valence-electron chi connectivity index (χ2n) is 7.85. The van der Waals surface area contributed by atoms with Crippen LogP contribution < -0.4 is 9.88 Å². The summed E-state index contributed by atoms with van der Waals surface area (Å²) in [6.45, 7) is 2.87. The number of piperazine rings is 1. The molecule has 2 aromatic carbocycles. The molecule has 0 bridgehead atoms. The Labute approximate surface area is 197 Å². The molecule has 1 fully saturated rings. The van der Waals surface area contributed by atoms with Crippen LogP contribution in [0.4, 0.5) is 4.39 Å². The van der Waals surface area contributed by atoms with Crippen molar-refractivity contribution in [1.82, 2.24) is 9.80 Å². The number of sulfonamides is 1. The summed E-state index contributed by atoms with van der Waals surface area (Å²) in [7, 11) is -3.94. The van der Waals surface area contributed by atoms with Crippen molar-refractivity contribution in [2.75, 3.05) is 38.5 Å². The molecule has 3 rings (SSSR count). The zero-order valence-corrected chi connectivity index (χ0v) is 19.4. The van der Waals surface area contributed by atoms with Gasteiger partial charge in [-0.05, 0) is 35.9 Å². The summed E-state index contributed by atoms with van der Waals surface area (Å²) in [5.41, 5.74) is 1.39. The van der Waals surface area contributed by atoms with E-state index in [1.165, 1.54) is 24.3 Å². The largest absolute Gasteiger partial charge is 0.483 e. The number of rotatable bonds is 9. The molecule has 2 aromatic rings. The molecule has 0 aliphatic carbocycles. The molecular weight excluding hydrogens is 473 g/mol. The molecule has 1 aliphatic rings. The first-order valence-electron chi connectivity index (χ1n) is 10.3. The number of halogens is 2. The zero-order valence-electron chi connectivity index (χ0n) is 17.9. The number of nitrogens with two attached hydrogens (primary N) is 1. The first kappa shape index (κ1) is 25.1. The lowest BCUT2D eigenvalue weighted by molar-refractivity contribution is -0.135. The summed E-state index contributed by atoms with van der Waals surface area (Å²) in [6.07, 6.45) is -0.234. The number of primary sulfonamides is 1. The fourth-order valence-electron chi connectivity index (χ4n) is 3.55. The number of carbonyl (C=O) groups excluding carboxylic acids is 2. The van der Waals surface area contributed by atoms with Crippen LogP contribution in [0.5, 0.6) is 5.75 Å². The second-order valence-corrected chi connectivity index (χ2v) is 9.90. The fourth-order valence-corrected chi connectivity index (χ4v) is 4.29. The third-order valence-electron chi connectivity index (χ3n) is 5.17. The van der Waals surface area contributed by atoms with E-state index >= 15 is 0 Å². The molecule has 0 atom stereocenters. The van der Waals surface area contributed by atoms with Crippen molar-refractivity contribution < 1.29 is 27.1 Å². The van der Waals surface area contributed by atoms with Gasteiger partial charge in [0.05, 0.1) is 0 Å². The summed E-state index contributed by atoms with van der Waals surface area (Å²) in [5.74, 6) is -1.58. The van der Waals surface area contributed by atoms with E-state index in [1.54, 1.807) is 23.1 Å². The highest BCUT2D eigenvalue weighted by atomic mass is 35.5. The number of Topliss-reactive ketones (excluding diaryl/α,β-unsaturated/α-hetero) is 1. The van der Waals surface area contributed by atoms with Crippen LogP contribution in [0, 0.1) is 5.82 Å². The number of carbonyl (C=O) groups is 2. The fraction of sp³-hybridized carbons (Fsp3) is 0.364. The van der Waals surface area contributed by atoms with Crippen LogP contribution in [0.25, 0.3) is 0 Å². The van der Waals surface area contributed by atoms with Crippen LogP contribution in [0.2, 0.25) is 5.02 Å². The molecule has 0 unspecified atom stereocenters. The maximum atomic E-state index is 13.1. The summed E-state index contributed by atoms with van der Waals surface area (Å²) in [4.78, 5) is 28.5. The Morgan fingerprint density at radius 3 is 2.36 bits per heavy atom. The average molecular weight is 498 g/mol. The Bertz CT molecular complexity index is 1100. The van der Waals surface area contributed by atoms with Gasteiger partial charge in [-0.1, -0.05) is 23.7 Å². The van der Waals surface area contributed by atoms with Gasteiger partial charge in [0.25, 0.3) is 5.91 Å². The predicted octanol–water partition coefficient (Wildman–Crippen LogP) is 1.60. The number of hydrogen-bond donors (Lipinski definition) is 1. The molecule has 0 aromatic heterocycles. The molecule has 178 valence electrons. The molecule has 0 spiro atoms. The van der Waals surface area contributed by atoms with E-state index < -0.39 is 21.6 Å². The van der Waals surface area contributed by atoms with E-state index in [1.807, 2.05) is 0 Å². The number of benzene rings is 2. The van der Waals surface area contributed by atoms with Gasteiger partial charge in [0, 0.05) is 49.7 Å². The van der Waals surface area contributed by atoms with Crippen molar-refractivity contribution in [2.45, 2.75) is 13.0 Å². The Morgan fingerprint density at radius 2 is 1.73 bits per heavy atom. The lowest BCUT2D eigenvalue weighted by Crippen LogP contribution is -2.49. The molecule has 2 N–H and O–H groups in total. The van der Waals surface area contributed by atoms with Crippen molar-refractivity contribution >= 4 is 33.3 Å². The van der Waals surface area contributed by atoms with E-state index in [-0.39, 0.29) is 30.5 Å². The third-order valence-corrected chi connectivity index (χ3v) is 6.13. The summed E-state index contributed by atoms with van der Waals surface area (Å²) < 4.78 is 41.0. The van der Waals surface area contributed by atoms with Crippen LogP contribution >= 0.6 is 11.6 Å². The summed E-state index contributed by atoms with van der Waals surface area (Å²) in [6, 6.07) is 11.0. The second kappa shape index (κ2) is 11.1. The van der Waals surface area contributed by atoms with E-state index in [4.69, 9.17) is 21.5 Å². The van der Waals surface area contributed by atoms with Crippen molar-refractivity contribution in [2.24, 2.45) is 5.14 Å². The third kappa shape index (κ3) is 8.08. The minimum absolute atomic E-state index is 0.201. The van der Waals surface area contributed by atoms with Gasteiger partial charge >= 0.3 is 0 Å². The van der Waals surface area contributed by atoms with Crippen LogP contribution in [-0.4, -0.2) is 68.4 Å². The Balaban J connectivity index is 1.51. The van der Waals surface area contributed by atoms with Gasteiger partial charge in [0.2, 0.25) is 10.0 Å². The Hall–Kier alpha value is -2.53. The highest BCUT2D eigenvalue weighted by molar-refractivity contribution is 7.89. The van der Waals surface area contributed by atoms with E-state index in [9.17, 15) is 22.4 Å². The summed E-state index contributed by atoms with van der Waals surface area (Å²) in [5, 5.41) is 5.27. The van der Waals surface area contributed by atoms with Crippen LogP contribution in [-0.2, 0) is 32.6 Å². The SMILES string of the molecule is NS(=O)(=O)CC(=O)Cc1cc(Cl)ccc1OCC(=O)N1CCN(Cc2ccc(F)cc2)CC1. The molecular formula is C22H25ClFN3O5S. The Kier molecular flexibility index (Phi) is 8.41. The Morgan fingerprint density at radius 1 is 1.06 bits per heavy atom. The maximum absolute atomic E-state index is 13.1. The van der Waals surface area contributed by atoms with Gasteiger partial charge in [-0.2, -0.15) is 0 Å². The van der Waals surface area contributed by atoms with E-state index in [2.05, 4.69) is 4.90 Å². The van der Waals surface area contributed by atoms with Gasteiger partial charge in [0.1, 0.15) is 17.3 Å². The molecule has 8 nitrogen and oxygen atoms in total. The quantitative estimate of drug-likeness (QED) is 0.563. The average Bonchev–Trinajstić information content (AvgIpc) is 2.74. The molecule has 1 saturated heterocycles. The number of hydrogen-bond acceptors (Lipinski definition) is 6. The van der Waals surface area contributed by atoms with Crippen molar-refractivity contribution in [3.63, 3.8) is 0 Å². The molecule has 1 aliphatic heterocycles. The highest BCUT2D eigenvalue weighted by Gasteiger charge is 2.22. The van der Waals surface area contributed by atoms with Gasteiger partial charge < -0.3 is 9.64 Å². The monoisotopic (exact) mass is 497 g/mol. The number of ether oxygens (including phenoxy) is 1. The lowest BCUT2D eigenvalue weighted by Gasteiger charge is -2.34. The molecule has 0 radical (unpaired) electrons. The number of ketones is 1. The standard InChI is InChI=1S/C22H25ClFN3O5S/c23-18-3-6-21(17(11-18)12-20(28)15-33(25,30)31)32-14-22(29)27-9-7-26(8-10-27)13-16-1-4-19(24)5-2-16/h1-6,11H,7-10,12-15H2,(H2,25,30,31). The van der Waals surface area contributed by atoms with Crippen LogP contribution in [0.15, 0.2) is 42.5 Å². The lowest BCUT2D eigenvalue weighted by atomic mass is 10.1. The predicted molar refractivity (Wildman–Crippen MR) is 122 cm³/mol. The topological polar surface area (TPSA) is 110 Å². The van der Waals surface area contributed by atoms with E-state index in [0.717, 1.165) is 5.56 Å². The molecule has 0 saturated carbocycles.